The molecule has 3 rings (SSSR count). The lowest BCUT2D eigenvalue weighted by atomic mass is 9.78. The van der Waals surface area contributed by atoms with Gasteiger partial charge in [0.15, 0.2) is 5.67 Å². The lowest BCUT2D eigenvalue weighted by Gasteiger charge is -2.30. The van der Waals surface area contributed by atoms with Crippen LogP contribution in [0.3, 0.4) is 0 Å². The van der Waals surface area contributed by atoms with Crippen molar-refractivity contribution in [3.8, 4) is 0 Å². The van der Waals surface area contributed by atoms with Crippen LogP contribution < -0.4 is 0 Å². The molecular weight excluding hydrogens is 369 g/mol. The first-order valence-corrected chi connectivity index (χ1v) is 10.6. The molecule has 0 aromatic heterocycles. The standard InChI is InChI=1S/C26H29F3/c1-2-3-4-5-6-7-8-20-9-13-22(14-10-20)26(29)18-17-24(28)19-25(26)21-11-15-23(27)16-12-21/h9-17,19H,2-8,18H2,1H3. The summed E-state index contributed by atoms with van der Waals surface area (Å²) >= 11 is 0. The van der Waals surface area contributed by atoms with E-state index in [1.54, 1.807) is 12.1 Å². The molecule has 2 aromatic rings. The largest absolute Gasteiger partial charge is 0.233 e. The van der Waals surface area contributed by atoms with Crippen molar-refractivity contribution in [3.05, 3.63) is 89.0 Å². The lowest BCUT2D eigenvalue weighted by molar-refractivity contribution is 0.247. The minimum Gasteiger partial charge on any atom is -0.233 e. The highest BCUT2D eigenvalue weighted by Crippen LogP contribution is 2.46. The lowest BCUT2D eigenvalue weighted by Crippen LogP contribution is -2.24. The summed E-state index contributed by atoms with van der Waals surface area (Å²) in [6.07, 6.45) is 10.9. The fourth-order valence-corrected chi connectivity index (χ4v) is 3.92. The van der Waals surface area contributed by atoms with Crippen LogP contribution in [0.4, 0.5) is 13.2 Å². The number of hydrogen-bond donors (Lipinski definition) is 0. The topological polar surface area (TPSA) is 0 Å². The second-order valence-corrected chi connectivity index (χ2v) is 7.87. The van der Waals surface area contributed by atoms with E-state index in [0.717, 1.165) is 12.8 Å². The average Bonchev–Trinajstić information content (AvgIpc) is 2.73. The Labute approximate surface area is 172 Å². The highest BCUT2D eigenvalue weighted by atomic mass is 19.1. The second kappa shape index (κ2) is 9.96. The molecule has 0 amide bonds. The van der Waals surface area contributed by atoms with Gasteiger partial charge < -0.3 is 0 Å². The molecule has 0 fully saturated rings. The third kappa shape index (κ3) is 5.41. The molecular formula is C26H29F3. The smallest absolute Gasteiger partial charge is 0.165 e. The van der Waals surface area contributed by atoms with Crippen LogP contribution in [0.15, 0.2) is 66.5 Å². The third-order valence-corrected chi connectivity index (χ3v) is 5.67. The molecule has 1 unspecified atom stereocenters. The molecule has 1 aliphatic carbocycles. The highest BCUT2D eigenvalue weighted by Gasteiger charge is 2.38. The maximum atomic E-state index is 16.1. The van der Waals surface area contributed by atoms with Gasteiger partial charge in [0.25, 0.3) is 0 Å². The summed E-state index contributed by atoms with van der Waals surface area (Å²) in [4.78, 5) is 0. The van der Waals surface area contributed by atoms with Gasteiger partial charge in [-0.3, -0.25) is 0 Å². The Morgan fingerprint density at radius 1 is 0.828 bits per heavy atom. The van der Waals surface area contributed by atoms with Gasteiger partial charge in [-0.1, -0.05) is 75.4 Å². The van der Waals surface area contributed by atoms with E-state index < -0.39 is 17.3 Å². The molecule has 0 saturated heterocycles. The Bertz CT molecular complexity index is 847. The van der Waals surface area contributed by atoms with Crippen LogP contribution in [0.1, 0.15) is 68.6 Å². The summed E-state index contributed by atoms with van der Waals surface area (Å²) in [5, 5.41) is 0. The maximum absolute atomic E-state index is 16.1. The maximum Gasteiger partial charge on any atom is 0.165 e. The summed E-state index contributed by atoms with van der Waals surface area (Å²) in [7, 11) is 0. The molecule has 0 saturated carbocycles. The molecule has 0 nitrogen and oxygen atoms in total. The Morgan fingerprint density at radius 2 is 1.48 bits per heavy atom. The number of aryl methyl sites for hydroxylation is 1. The van der Waals surface area contributed by atoms with Crippen molar-refractivity contribution in [2.24, 2.45) is 0 Å². The van der Waals surface area contributed by atoms with Gasteiger partial charge >= 0.3 is 0 Å². The number of benzene rings is 2. The molecule has 0 spiro atoms. The SMILES string of the molecule is CCCCCCCCc1ccc(C2(F)CC=C(F)C=C2c2ccc(F)cc2)cc1. The van der Waals surface area contributed by atoms with E-state index in [9.17, 15) is 8.78 Å². The van der Waals surface area contributed by atoms with E-state index in [1.165, 1.54) is 74.1 Å². The molecule has 0 N–H and O–H groups in total. The van der Waals surface area contributed by atoms with Crippen LogP contribution in [-0.4, -0.2) is 0 Å². The van der Waals surface area contributed by atoms with E-state index >= 15 is 4.39 Å². The average molecular weight is 399 g/mol. The predicted molar refractivity (Wildman–Crippen MR) is 114 cm³/mol. The zero-order valence-corrected chi connectivity index (χ0v) is 17.1. The van der Waals surface area contributed by atoms with Crippen molar-refractivity contribution in [2.75, 3.05) is 0 Å². The van der Waals surface area contributed by atoms with Crippen molar-refractivity contribution in [1.29, 1.82) is 0 Å². The quantitative estimate of drug-likeness (QED) is 0.373. The number of hydrogen-bond acceptors (Lipinski definition) is 0. The first kappa shape index (κ1) is 21.4. The molecule has 1 aliphatic rings. The number of halogens is 3. The Balaban J connectivity index is 1.72. The van der Waals surface area contributed by atoms with Gasteiger partial charge in [0.05, 0.1) is 0 Å². The van der Waals surface area contributed by atoms with Crippen molar-refractivity contribution in [1.82, 2.24) is 0 Å². The summed E-state index contributed by atoms with van der Waals surface area (Å²) in [6.45, 7) is 2.21. The molecule has 2 aromatic carbocycles. The first-order valence-electron chi connectivity index (χ1n) is 10.6. The highest BCUT2D eigenvalue weighted by molar-refractivity contribution is 5.77. The van der Waals surface area contributed by atoms with Crippen molar-refractivity contribution in [3.63, 3.8) is 0 Å². The third-order valence-electron chi connectivity index (χ3n) is 5.67. The zero-order valence-electron chi connectivity index (χ0n) is 17.1. The fourth-order valence-electron chi connectivity index (χ4n) is 3.92. The van der Waals surface area contributed by atoms with Gasteiger partial charge in [-0.25, -0.2) is 13.2 Å². The predicted octanol–water partition coefficient (Wildman–Crippen LogP) is 8.23. The van der Waals surface area contributed by atoms with Gasteiger partial charge in [0, 0.05) is 12.0 Å². The minimum absolute atomic E-state index is 0.0706. The number of unbranched alkanes of at least 4 members (excludes halogenated alkanes) is 5. The number of rotatable bonds is 9. The summed E-state index contributed by atoms with van der Waals surface area (Å²) in [5.74, 6) is -0.859. The molecule has 154 valence electrons. The van der Waals surface area contributed by atoms with Crippen molar-refractivity contribution in [2.45, 2.75) is 64.0 Å². The normalized spacial score (nSPS) is 19.0. The van der Waals surface area contributed by atoms with Crippen LogP contribution >= 0.6 is 0 Å². The van der Waals surface area contributed by atoms with Crippen molar-refractivity contribution < 1.29 is 13.2 Å². The monoisotopic (exact) mass is 398 g/mol. The van der Waals surface area contributed by atoms with Gasteiger partial charge in [0.2, 0.25) is 0 Å². The van der Waals surface area contributed by atoms with Crippen LogP contribution in [-0.2, 0) is 12.1 Å². The van der Waals surface area contributed by atoms with Crippen LogP contribution in [0.2, 0.25) is 0 Å². The molecule has 0 aliphatic heterocycles. The molecule has 1 atom stereocenters. The fraction of sp³-hybridized carbons (Fsp3) is 0.385. The Kier molecular flexibility index (Phi) is 7.35. The van der Waals surface area contributed by atoms with E-state index in [4.69, 9.17) is 0 Å². The van der Waals surface area contributed by atoms with E-state index in [2.05, 4.69) is 6.92 Å². The zero-order chi connectivity index (χ0) is 20.7. The second-order valence-electron chi connectivity index (χ2n) is 7.87. The Morgan fingerprint density at radius 3 is 2.17 bits per heavy atom. The van der Waals surface area contributed by atoms with Crippen LogP contribution in [0.5, 0.6) is 0 Å². The van der Waals surface area contributed by atoms with Gasteiger partial charge in [-0.05, 0) is 53.8 Å². The Hall–Kier alpha value is -2.29. The first-order chi connectivity index (χ1) is 14.0. The number of alkyl halides is 1. The molecule has 29 heavy (non-hydrogen) atoms. The van der Waals surface area contributed by atoms with Gasteiger partial charge in [-0.15, -0.1) is 0 Å². The molecule has 0 radical (unpaired) electrons. The van der Waals surface area contributed by atoms with E-state index in [-0.39, 0.29) is 12.0 Å². The molecule has 0 bridgehead atoms. The summed E-state index contributed by atoms with van der Waals surface area (Å²) < 4.78 is 43.3. The van der Waals surface area contributed by atoms with Gasteiger partial charge in [0.1, 0.15) is 11.6 Å². The van der Waals surface area contributed by atoms with Crippen LogP contribution in [0.25, 0.3) is 5.57 Å². The number of allylic oxidation sites excluding steroid dienone is 4. The van der Waals surface area contributed by atoms with Gasteiger partial charge in [-0.2, -0.15) is 0 Å². The van der Waals surface area contributed by atoms with Crippen LogP contribution in [0, 0.1) is 5.82 Å². The van der Waals surface area contributed by atoms with E-state index in [0.29, 0.717) is 11.1 Å². The summed E-state index contributed by atoms with van der Waals surface area (Å²) in [6, 6.07) is 13.1. The summed E-state index contributed by atoms with van der Waals surface area (Å²) in [5.41, 5.74) is 0.599. The molecule has 0 heterocycles. The molecule has 3 heteroatoms. The van der Waals surface area contributed by atoms with E-state index in [1.807, 2.05) is 12.1 Å². The minimum atomic E-state index is -1.83. The van der Waals surface area contributed by atoms with Crippen molar-refractivity contribution >= 4 is 5.57 Å².